The molecule has 0 atom stereocenters. The Balaban J connectivity index is 1.17. The van der Waals surface area contributed by atoms with Gasteiger partial charge in [-0.3, -0.25) is 48.9 Å². The van der Waals surface area contributed by atoms with Crippen molar-refractivity contribution in [2.45, 2.75) is 12.8 Å². The molecule has 0 spiro atoms. The number of hydrogen-bond acceptors (Lipinski definition) is 8. The van der Waals surface area contributed by atoms with E-state index in [9.17, 15) is 19.2 Å². The molecule has 0 bridgehead atoms. The van der Waals surface area contributed by atoms with Gasteiger partial charge >= 0.3 is 0 Å². The highest BCUT2D eigenvalue weighted by atomic mass is 16.2. The first kappa shape index (κ1) is 26.8. The second-order valence-corrected chi connectivity index (χ2v) is 9.88. The van der Waals surface area contributed by atoms with Crippen LogP contribution in [-0.4, -0.2) is 82.0 Å². The van der Waals surface area contributed by atoms with E-state index in [4.69, 9.17) is 0 Å². The second-order valence-electron chi connectivity index (χ2n) is 9.88. The van der Waals surface area contributed by atoms with Crippen LogP contribution in [0.3, 0.4) is 0 Å². The molecule has 0 radical (unpaired) electrons. The Morgan fingerprint density at radius 1 is 0.548 bits per heavy atom. The van der Waals surface area contributed by atoms with E-state index in [1.54, 1.807) is 49.1 Å². The number of pyridine rings is 2. The molecule has 0 saturated heterocycles. The molecule has 0 aliphatic carbocycles. The van der Waals surface area contributed by atoms with Crippen LogP contribution in [0.5, 0.6) is 0 Å². The summed E-state index contributed by atoms with van der Waals surface area (Å²) in [7, 11) is 0. The Kier molecular flexibility index (Phi) is 7.42. The highest BCUT2D eigenvalue weighted by molar-refractivity contribution is 6.33. The van der Waals surface area contributed by atoms with Gasteiger partial charge in [-0.2, -0.15) is 0 Å². The highest BCUT2D eigenvalue weighted by Crippen LogP contribution is 2.37. The molecule has 0 unspecified atom stereocenters. The zero-order chi connectivity index (χ0) is 29.1. The third kappa shape index (κ3) is 4.98. The van der Waals surface area contributed by atoms with Crippen LogP contribution in [0.4, 0.5) is 0 Å². The lowest BCUT2D eigenvalue weighted by atomic mass is 9.86. The number of rotatable bonds is 10. The molecule has 0 fully saturated rings. The van der Waals surface area contributed by atoms with Crippen LogP contribution in [0.2, 0.25) is 0 Å². The Bertz CT molecular complexity index is 1570. The molecular weight excluding hydrogens is 532 g/mol. The summed E-state index contributed by atoms with van der Waals surface area (Å²) in [4.78, 5) is 73.1. The van der Waals surface area contributed by atoms with E-state index in [2.05, 4.69) is 20.0 Å². The van der Waals surface area contributed by atoms with Gasteiger partial charge in [0.25, 0.3) is 23.6 Å². The number of aliphatic imine (C=N–C) groups is 2. The van der Waals surface area contributed by atoms with Gasteiger partial charge in [0.1, 0.15) is 0 Å². The van der Waals surface area contributed by atoms with Crippen LogP contribution < -0.4 is 0 Å². The molecule has 0 saturated carbocycles. The van der Waals surface area contributed by atoms with Crippen molar-refractivity contribution in [2.75, 3.05) is 26.2 Å². The van der Waals surface area contributed by atoms with Crippen LogP contribution >= 0.6 is 0 Å². The number of carbonyl (C=O) groups excluding carboxylic acids is 4. The molecule has 4 heterocycles. The molecule has 2 aliphatic rings. The van der Waals surface area contributed by atoms with E-state index in [-0.39, 0.29) is 13.1 Å². The smallest absolute Gasteiger partial charge is 0.261 e. The van der Waals surface area contributed by atoms with E-state index in [0.29, 0.717) is 59.0 Å². The van der Waals surface area contributed by atoms with E-state index in [1.807, 2.05) is 36.4 Å². The molecule has 4 amide bonds. The summed E-state index contributed by atoms with van der Waals surface area (Å²) in [5.74, 6) is -1.79. The molecule has 2 aromatic carbocycles. The maximum Gasteiger partial charge on any atom is 0.261 e. The Labute approximate surface area is 241 Å². The number of amides is 4. The second kappa shape index (κ2) is 11.6. The predicted octanol–water partition coefficient (Wildman–Crippen LogP) is 3.84. The minimum absolute atomic E-state index is 0.191. The third-order valence-electron chi connectivity index (χ3n) is 7.22. The molecule has 10 nitrogen and oxygen atoms in total. The number of hydrogen-bond donors (Lipinski definition) is 0. The summed E-state index contributed by atoms with van der Waals surface area (Å²) < 4.78 is 0. The average Bonchev–Trinajstić information content (AvgIpc) is 3.02. The summed E-state index contributed by atoms with van der Waals surface area (Å²) in [5.41, 5.74) is 2.68. The van der Waals surface area contributed by atoms with Crippen LogP contribution in [0.1, 0.15) is 65.7 Å². The quantitative estimate of drug-likeness (QED) is 0.165. The molecule has 42 heavy (non-hydrogen) atoms. The number of nitrogens with zero attached hydrogens (tertiary/aromatic N) is 6. The van der Waals surface area contributed by atoms with Gasteiger partial charge in [-0.1, -0.05) is 12.1 Å². The maximum atomic E-state index is 13.4. The van der Waals surface area contributed by atoms with Gasteiger partial charge in [0.05, 0.1) is 11.4 Å². The molecular formula is C32H26N6O4. The van der Waals surface area contributed by atoms with Crippen molar-refractivity contribution < 1.29 is 19.2 Å². The van der Waals surface area contributed by atoms with Crippen molar-refractivity contribution in [2.24, 2.45) is 9.98 Å². The third-order valence-corrected chi connectivity index (χ3v) is 7.22. The number of benzene rings is 2. The molecule has 2 aliphatic heterocycles. The number of aromatic nitrogens is 2. The minimum Gasteiger partial charge on any atom is -0.291 e. The molecule has 2 aromatic heterocycles. The Morgan fingerprint density at radius 3 is 1.26 bits per heavy atom. The predicted molar refractivity (Wildman–Crippen MR) is 157 cm³/mol. The van der Waals surface area contributed by atoms with Crippen molar-refractivity contribution in [3.8, 4) is 0 Å². The fourth-order valence-corrected chi connectivity index (χ4v) is 5.24. The van der Waals surface area contributed by atoms with Crippen LogP contribution in [-0.2, 0) is 0 Å². The lowest BCUT2D eigenvalue weighted by Gasteiger charge is -2.31. The van der Waals surface area contributed by atoms with E-state index in [1.165, 1.54) is 9.80 Å². The first-order valence-corrected chi connectivity index (χ1v) is 13.7. The van der Waals surface area contributed by atoms with Crippen molar-refractivity contribution in [3.05, 3.63) is 107 Å². The number of carbonyl (C=O) groups is 4. The van der Waals surface area contributed by atoms with Gasteiger partial charge < -0.3 is 0 Å². The van der Waals surface area contributed by atoms with Gasteiger partial charge in [-0.25, -0.2) is 0 Å². The highest BCUT2D eigenvalue weighted by Gasteiger charge is 2.39. The monoisotopic (exact) mass is 558 g/mol. The molecule has 208 valence electrons. The van der Waals surface area contributed by atoms with Crippen molar-refractivity contribution in [1.82, 2.24) is 19.8 Å². The normalized spacial score (nSPS) is 14.7. The van der Waals surface area contributed by atoms with Crippen LogP contribution in [0, 0.1) is 0 Å². The topological polar surface area (TPSA) is 125 Å². The number of imide groups is 2. The first-order chi connectivity index (χ1) is 20.5. The lowest BCUT2D eigenvalue weighted by Crippen LogP contribution is -2.44. The van der Waals surface area contributed by atoms with Crippen LogP contribution in [0.15, 0.2) is 83.0 Å². The minimum atomic E-state index is -0.446. The van der Waals surface area contributed by atoms with E-state index in [0.717, 1.165) is 11.4 Å². The fraction of sp³-hybridized carbons (Fsp3) is 0.188. The standard InChI is InChI=1S/C32H26N6O4/c39-29-23-9-11-25-28-26(32(42)38(31(25)41)18-6-14-34-20-22-8-2-4-16-36-22)12-10-24(27(23)28)30(40)37(29)17-5-13-33-19-21-7-1-3-15-35-21/h1-4,7-12,15-16,19-20H,5-6,13-14,17-18H2. The molecule has 4 aromatic rings. The zero-order valence-corrected chi connectivity index (χ0v) is 22.6. The summed E-state index contributed by atoms with van der Waals surface area (Å²) in [6, 6.07) is 17.4. The zero-order valence-electron chi connectivity index (χ0n) is 22.6. The first-order valence-electron chi connectivity index (χ1n) is 13.7. The molecule has 10 heteroatoms. The van der Waals surface area contributed by atoms with E-state index >= 15 is 0 Å². The largest absolute Gasteiger partial charge is 0.291 e. The van der Waals surface area contributed by atoms with Gasteiger partial charge in [-0.05, 0) is 61.4 Å². The van der Waals surface area contributed by atoms with E-state index < -0.39 is 23.6 Å². The Hall–Kier alpha value is -5.38. The maximum absolute atomic E-state index is 13.4. The summed E-state index contributed by atoms with van der Waals surface area (Å²) >= 11 is 0. The molecule has 6 rings (SSSR count). The van der Waals surface area contributed by atoms with Crippen molar-refractivity contribution >= 4 is 46.8 Å². The van der Waals surface area contributed by atoms with Gasteiger partial charge in [0.15, 0.2) is 0 Å². The summed E-state index contributed by atoms with van der Waals surface area (Å²) in [5, 5.41) is 0.733. The van der Waals surface area contributed by atoms with Gasteiger partial charge in [0.2, 0.25) is 0 Å². The van der Waals surface area contributed by atoms with Gasteiger partial charge in [-0.15, -0.1) is 0 Å². The van der Waals surface area contributed by atoms with Crippen LogP contribution in [0.25, 0.3) is 10.8 Å². The van der Waals surface area contributed by atoms with Gasteiger partial charge in [0, 0.05) is 84.0 Å². The summed E-state index contributed by atoms with van der Waals surface area (Å²) in [6.45, 7) is 1.22. The lowest BCUT2D eigenvalue weighted by molar-refractivity contribution is 0.0588. The SMILES string of the molecule is O=C1c2ccc3c4c(ccc(c24)C(=O)N1CCCN=Cc1ccccn1)C(=O)N(CCCN=Cc1ccccn1)C3=O. The van der Waals surface area contributed by atoms with Crippen molar-refractivity contribution in [3.63, 3.8) is 0 Å². The Morgan fingerprint density at radius 2 is 0.929 bits per heavy atom. The van der Waals surface area contributed by atoms with Crippen molar-refractivity contribution in [1.29, 1.82) is 0 Å². The summed E-state index contributed by atoms with van der Waals surface area (Å²) in [6.07, 6.45) is 7.63. The fourth-order valence-electron chi connectivity index (χ4n) is 5.24. The average molecular weight is 559 g/mol. The molecule has 0 N–H and O–H groups in total.